The average molecular weight is 294 g/mol. The van der Waals surface area contributed by atoms with Crippen LogP contribution in [0.2, 0.25) is 0 Å². The second-order valence-electron chi connectivity index (χ2n) is 7.95. The molecule has 0 amide bonds. The summed E-state index contributed by atoms with van der Waals surface area (Å²) in [7, 11) is 0. The van der Waals surface area contributed by atoms with E-state index in [1.807, 2.05) is 0 Å². The Morgan fingerprint density at radius 1 is 1.32 bits per heavy atom. The van der Waals surface area contributed by atoms with Crippen molar-refractivity contribution < 1.29 is 5.11 Å². The minimum absolute atomic E-state index is 0.0367. The summed E-state index contributed by atoms with van der Waals surface area (Å²) in [6.07, 6.45) is 4.47. The first-order chi connectivity index (χ1) is 10.8. The molecular weight excluding hydrogens is 272 g/mol. The van der Waals surface area contributed by atoms with E-state index in [9.17, 15) is 5.11 Å². The third-order valence-corrected chi connectivity index (χ3v) is 7.59. The van der Waals surface area contributed by atoms with Gasteiger partial charge >= 0.3 is 0 Å². The lowest BCUT2D eigenvalue weighted by Gasteiger charge is -2.57. The van der Waals surface area contributed by atoms with Crippen molar-refractivity contribution in [2.45, 2.75) is 49.4 Å². The molecule has 1 spiro atoms. The number of allylic oxidation sites excluding steroid dienone is 1. The molecule has 5 fully saturated rings. The van der Waals surface area contributed by atoms with Gasteiger partial charge in [-0.25, -0.2) is 0 Å². The van der Waals surface area contributed by atoms with Gasteiger partial charge in [-0.2, -0.15) is 0 Å². The van der Waals surface area contributed by atoms with Gasteiger partial charge in [0, 0.05) is 35.6 Å². The molecule has 3 heteroatoms. The van der Waals surface area contributed by atoms with Gasteiger partial charge in [0.2, 0.25) is 0 Å². The molecule has 3 nitrogen and oxygen atoms in total. The fourth-order valence-corrected chi connectivity index (χ4v) is 6.87. The number of rotatable bonds is 0. The smallest absolute Gasteiger partial charge is 0.0707 e. The summed E-state index contributed by atoms with van der Waals surface area (Å²) in [6, 6.07) is 10.3. The Balaban J connectivity index is 1.60. The zero-order valence-corrected chi connectivity index (χ0v) is 12.9. The maximum atomic E-state index is 11.4. The Hall–Kier alpha value is -1.32. The van der Waals surface area contributed by atoms with Gasteiger partial charge in [-0.05, 0) is 37.3 Å². The van der Waals surface area contributed by atoms with Gasteiger partial charge in [0.25, 0.3) is 0 Å². The predicted molar refractivity (Wildman–Crippen MR) is 85.8 cm³/mol. The molecule has 0 aromatic heterocycles. The number of aliphatic hydroxyl groups excluding tert-OH is 1. The Kier molecular flexibility index (Phi) is 1.99. The average Bonchev–Trinajstić information content (AvgIpc) is 3.02. The van der Waals surface area contributed by atoms with Crippen LogP contribution in [0.3, 0.4) is 0 Å². The summed E-state index contributed by atoms with van der Waals surface area (Å²) in [5.41, 5.74) is 4.18. The molecule has 1 aromatic carbocycles. The second-order valence-corrected chi connectivity index (χ2v) is 7.95. The van der Waals surface area contributed by atoms with E-state index in [4.69, 9.17) is 0 Å². The quantitative estimate of drug-likeness (QED) is 0.720. The molecule has 5 heterocycles. The van der Waals surface area contributed by atoms with E-state index in [2.05, 4.69) is 47.5 Å². The zero-order valence-electron chi connectivity index (χ0n) is 12.9. The van der Waals surface area contributed by atoms with Crippen LogP contribution < -0.4 is 5.32 Å². The number of benzene rings is 1. The normalized spacial score (nSPS) is 54.5. The summed E-state index contributed by atoms with van der Waals surface area (Å²) in [4.78, 5) is 2.72. The van der Waals surface area contributed by atoms with E-state index < -0.39 is 0 Å². The van der Waals surface area contributed by atoms with Crippen LogP contribution in [0.15, 0.2) is 35.9 Å². The molecule has 4 saturated heterocycles. The van der Waals surface area contributed by atoms with Gasteiger partial charge in [-0.15, -0.1) is 0 Å². The Labute approximate surface area is 131 Å². The topological polar surface area (TPSA) is 35.5 Å². The van der Waals surface area contributed by atoms with Gasteiger partial charge < -0.3 is 10.4 Å². The second kappa shape index (κ2) is 3.60. The molecule has 1 aromatic rings. The SMILES string of the molecule is C/C=C1/CN2[C@@H]3C[C@]45c6ccccc6N[C@@H]4[C@H]2C[C@H]1C3[C@@H]5O. The van der Waals surface area contributed by atoms with Gasteiger partial charge in [0.05, 0.1) is 12.1 Å². The van der Waals surface area contributed by atoms with Crippen molar-refractivity contribution in [2.75, 3.05) is 11.9 Å². The monoisotopic (exact) mass is 294 g/mol. The van der Waals surface area contributed by atoms with Crippen molar-refractivity contribution in [3.05, 3.63) is 41.5 Å². The summed E-state index contributed by atoms with van der Waals surface area (Å²) in [5, 5.41) is 15.2. The molecular formula is C19H22N2O. The number of hydrogen-bond acceptors (Lipinski definition) is 3. The molecule has 6 aliphatic rings. The molecule has 114 valence electrons. The summed E-state index contributed by atoms with van der Waals surface area (Å²) in [5.74, 6) is 1.05. The van der Waals surface area contributed by atoms with Crippen LogP contribution in [0.1, 0.15) is 25.3 Å². The van der Waals surface area contributed by atoms with Crippen LogP contribution in [-0.2, 0) is 5.41 Å². The number of nitrogens with zero attached hydrogens (tertiary/aromatic N) is 1. The summed E-state index contributed by atoms with van der Waals surface area (Å²) < 4.78 is 0. The van der Waals surface area contributed by atoms with Gasteiger partial charge in [-0.3, -0.25) is 4.90 Å². The number of nitrogens with one attached hydrogen (secondary N) is 1. The van der Waals surface area contributed by atoms with Crippen LogP contribution >= 0.6 is 0 Å². The third-order valence-electron chi connectivity index (χ3n) is 7.59. The Morgan fingerprint density at radius 3 is 3.05 bits per heavy atom. The summed E-state index contributed by atoms with van der Waals surface area (Å²) in [6.45, 7) is 3.30. The number of piperidine rings is 4. The van der Waals surface area contributed by atoms with Crippen molar-refractivity contribution in [1.82, 2.24) is 4.90 Å². The van der Waals surface area contributed by atoms with Crippen molar-refractivity contribution >= 4 is 5.69 Å². The molecule has 0 radical (unpaired) electrons. The van der Waals surface area contributed by atoms with Crippen LogP contribution in [0.4, 0.5) is 5.69 Å². The first kappa shape index (κ1) is 12.1. The molecule has 7 rings (SSSR count). The van der Waals surface area contributed by atoms with E-state index in [0.717, 1.165) is 13.0 Å². The van der Waals surface area contributed by atoms with Gasteiger partial charge in [0.15, 0.2) is 0 Å². The largest absolute Gasteiger partial charge is 0.392 e. The number of hydrogen-bond donors (Lipinski definition) is 2. The molecule has 5 aliphatic heterocycles. The Bertz CT molecular complexity index is 713. The number of para-hydroxylation sites is 1. The lowest BCUT2D eigenvalue weighted by molar-refractivity contribution is -0.0318. The van der Waals surface area contributed by atoms with Gasteiger partial charge in [-0.1, -0.05) is 29.8 Å². The highest BCUT2D eigenvalue weighted by Crippen LogP contribution is 2.66. The van der Waals surface area contributed by atoms with Crippen molar-refractivity contribution in [3.63, 3.8) is 0 Å². The van der Waals surface area contributed by atoms with Crippen LogP contribution in [0.25, 0.3) is 0 Å². The maximum Gasteiger partial charge on any atom is 0.0707 e. The lowest BCUT2D eigenvalue weighted by Crippen LogP contribution is -2.66. The van der Waals surface area contributed by atoms with Crippen LogP contribution in [0.5, 0.6) is 0 Å². The first-order valence-corrected chi connectivity index (χ1v) is 8.70. The molecule has 2 unspecified atom stereocenters. The van der Waals surface area contributed by atoms with E-state index in [1.54, 1.807) is 5.57 Å². The zero-order chi connectivity index (χ0) is 14.6. The third kappa shape index (κ3) is 1.05. The van der Waals surface area contributed by atoms with Crippen LogP contribution in [0, 0.1) is 11.8 Å². The molecule has 1 aliphatic carbocycles. The van der Waals surface area contributed by atoms with E-state index in [1.165, 1.54) is 17.7 Å². The fraction of sp³-hybridized carbons (Fsp3) is 0.579. The molecule has 22 heavy (non-hydrogen) atoms. The van der Waals surface area contributed by atoms with E-state index in [0.29, 0.717) is 30.0 Å². The first-order valence-electron chi connectivity index (χ1n) is 8.70. The minimum Gasteiger partial charge on any atom is -0.392 e. The highest BCUT2D eigenvalue weighted by molar-refractivity contribution is 5.65. The number of fused-ring (bicyclic) bond motifs is 2. The predicted octanol–water partition coefficient (Wildman–Crippen LogP) is 2.13. The molecule has 1 saturated carbocycles. The van der Waals surface area contributed by atoms with Gasteiger partial charge in [0.1, 0.15) is 0 Å². The molecule has 8 atom stereocenters. The maximum absolute atomic E-state index is 11.4. The standard InChI is InChI=1S/C19H22N2O/c1-2-10-9-21-14-7-11(10)16-15(21)8-19(18(16)22)12-5-3-4-6-13(12)20-17(14)19/h2-6,11,14-18,20,22H,7-9H2,1H3/b10-2-/t11-,14-,15-,16?,17-,18+,19+/m1/s1. The number of anilines is 1. The Morgan fingerprint density at radius 2 is 2.18 bits per heavy atom. The van der Waals surface area contributed by atoms with E-state index >= 15 is 0 Å². The van der Waals surface area contributed by atoms with Crippen molar-refractivity contribution in [1.29, 1.82) is 0 Å². The minimum atomic E-state index is -0.200. The van der Waals surface area contributed by atoms with Crippen LogP contribution in [-0.4, -0.2) is 40.8 Å². The number of aliphatic hydroxyl groups is 1. The lowest BCUT2D eigenvalue weighted by atomic mass is 9.65. The summed E-state index contributed by atoms with van der Waals surface area (Å²) >= 11 is 0. The molecule has 2 N–H and O–H groups in total. The van der Waals surface area contributed by atoms with Crippen molar-refractivity contribution in [2.24, 2.45) is 11.8 Å². The molecule has 5 bridgehead atoms. The fourth-order valence-electron chi connectivity index (χ4n) is 6.87. The van der Waals surface area contributed by atoms with Crippen molar-refractivity contribution in [3.8, 4) is 0 Å². The highest BCUT2D eigenvalue weighted by atomic mass is 16.3. The highest BCUT2D eigenvalue weighted by Gasteiger charge is 2.73. The van der Waals surface area contributed by atoms with E-state index in [-0.39, 0.29) is 11.5 Å².